The van der Waals surface area contributed by atoms with Crippen LogP contribution in [0.3, 0.4) is 0 Å². The Morgan fingerprint density at radius 1 is 1.19 bits per heavy atom. The molecule has 2 aromatic rings. The van der Waals surface area contributed by atoms with Crippen molar-refractivity contribution in [1.29, 1.82) is 0 Å². The lowest BCUT2D eigenvalue weighted by Gasteiger charge is -2.11. The minimum absolute atomic E-state index is 0.101. The first-order valence-corrected chi connectivity index (χ1v) is 7.68. The lowest BCUT2D eigenvalue weighted by molar-refractivity contribution is -0.137. The van der Waals surface area contributed by atoms with E-state index in [4.69, 9.17) is 32.7 Å². The highest BCUT2D eigenvalue weighted by molar-refractivity contribution is 6.55. The zero-order valence-corrected chi connectivity index (χ0v) is 14.6. The normalized spacial score (nSPS) is 10.8. The number of pyridine rings is 1. The van der Waals surface area contributed by atoms with Crippen molar-refractivity contribution in [2.45, 2.75) is 6.18 Å². The molecule has 10 heteroatoms. The van der Waals surface area contributed by atoms with Crippen LogP contribution >= 0.6 is 23.2 Å². The second-order valence-electron chi connectivity index (χ2n) is 4.77. The molecule has 0 bridgehead atoms. The van der Waals surface area contributed by atoms with Crippen molar-refractivity contribution in [3.63, 3.8) is 0 Å². The molecule has 26 heavy (non-hydrogen) atoms. The van der Waals surface area contributed by atoms with Crippen molar-refractivity contribution in [3.05, 3.63) is 58.3 Å². The van der Waals surface area contributed by atoms with E-state index in [-0.39, 0.29) is 27.6 Å². The standard InChI is InChI=1S/C16H11Cl2F3N2O3/c1-25-11-6-12(15(24)22-8-13(17)18)23-14(7-11)26-10-4-2-3-9(5-10)16(19,20)21/h2-8H,1H3,(H,22,24). The molecule has 0 saturated carbocycles. The second-order valence-corrected chi connectivity index (χ2v) is 5.77. The van der Waals surface area contributed by atoms with Crippen LogP contribution in [0.15, 0.2) is 47.1 Å². The van der Waals surface area contributed by atoms with Crippen molar-refractivity contribution in [2.75, 3.05) is 7.11 Å². The Bertz CT molecular complexity index is 838. The number of hydrogen-bond donors (Lipinski definition) is 1. The number of amides is 1. The minimum atomic E-state index is -4.51. The lowest BCUT2D eigenvalue weighted by Crippen LogP contribution is -2.19. The van der Waals surface area contributed by atoms with Crippen LogP contribution in [0, 0.1) is 0 Å². The summed E-state index contributed by atoms with van der Waals surface area (Å²) in [5.74, 6) is -0.685. The molecule has 0 spiro atoms. The molecule has 0 aliphatic rings. The molecule has 0 aliphatic heterocycles. The van der Waals surface area contributed by atoms with E-state index in [1.165, 1.54) is 31.4 Å². The molecule has 5 nitrogen and oxygen atoms in total. The van der Waals surface area contributed by atoms with E-state index in [1.807, 2.05) is 0 Å². The third-order valence-electron chi connectivity index (χ3n) is 2.94. The molecule has 2 rings (SSSR count). The first-order valence-electron chi connectivity index (χ1n) is 6.92. The Morgan fingerprint density at radius 2 is 1.92 bits per heavy atom. The summed E-state index contributed by atoms with van der Waals surface area (Å²) in [5.41, 5.74) is -0.991. The van der Waals surface area contributed by atoms with Crippen molar-refractivity contribution in [2.24, 2.45) is 0 Å². The second kappa shape index (κ2) is 8.29. The molecule has 0 fully saturated rings. The van der Waals surface area contributed by atoms with E-state index >= 15 is 0 Å². The minimum Gasteiger partial charge on any atom is -0.496 e. The van der Waals surface area contributed by atoms with Gasteiger partial charge in [-0.1, -0.05) is 29.3 Å². The van der Waals surface area contributed by atoms with Gasteiger partial charge in [-0.3, -0.25) is 4.79 Å². The SMILES string of the molecule is COc1cc(Oc2cccc(C(F)(F)F)c2)nc(C(=O)NC=C(Cl)Cl)c1. The summed E-state index contributed by atoms with van der Waals surface area (Å²) in [5, 5.41) is 2.28. The molecule has 138 valence electrons. The average Bonchev–Trinajstić information content (AvgIpc) is 2.58. The highest BCUT2D eigenvalue weighted by Crippen LogP contribution is 2.33. The topological polar surface area (TPSA) is 60.5 Å². The molecule has 1 aromatic carbocycles. The van der Waals surface area contributed by atoms with Gasteiger partial charge >= 0.3 is 6.18 Å². The van der Waals surface area contributed by atoms with Crippen LogP contribution in [0.4, 0.5) is 13.2 Å². The smallest absolute Gasteiger partial charge is 0.416 e. The van der Waals surface area contributed by atoms with Gasteiger partial charge in [-0.05, 0) is 18.2 Å². The van der Waals surface area contributed by atoms with Crippen LogP contribution in [0.5, 0.6) is 17.4 Å². The van der Waals surface area contributed by atoms with Gasteiger partial charge in [0.25, 0.3) is 5.91 Å². The van der Waals surface area contributed by atoms with Crippen LogP contribution in [-0.4, -0.2) is 18.0 Å². The van der Waals surface area contributed by atoms with Crippen LogP contribution in [0.2, 0.25) is 0 Å². The monoisotopic (exact) mass is 406 g/mol. The predicted octanol–water partition coefficient (Wildman–Crippen LogP) is 4.91. The number of rotatable bonds is 5. The van der Waals surface area contributed by atoms with Crippen LogP contribution in [0.25, 0.3) is 0 Å². The van der Waals surface area contributed by atoms with E-state index in [0.29, 0.717) is 0 Å². The number of halogens is 5. The molecule has 0 atom stereocenters. The number of benzene rings is 1. The summed E-state index contributed by atoms with van der Waals surface area (Å²) in [7, 11) is 1.35. The summed E-state index contributed by atoms with van der Waals surface area (Å²) in [6.45, 7) is 0. The van der Waals surface area contributed by atoms with Gasteiger partial charge in [0.2, 0.25) is 5.88 Å². The number of methoxy groups -OCH3 is 1. The van der Waals surface area contributed by atoms with E-state index in [0.717, 1.165) is 18.3 Å². The fraction of sp³-hybridized carbons (Fsp3) is 0.125. The Kier molecular flexibility index (Phi) is 6.33. The van der Waals surface area contributed by atoms with Crippen molar-refractivity contribution >= 4 is 29.1 Å². The zero-order valence-electron chi connectivity index (χ0n) is 13.1. The van der Waals surface area contributed by atoms with E-state index in [1.54, 1.807) is 0 Å². The van der Waals surface area contributed by atoms with E-state index in [9.17, 15) is 18.0 Å². The third-order valence-corrected chi connectivity index (χ3v) is 3.16. The molecule has 1 N–H and O–H groups in total. The molecular formula is C16H11Cl2F3N2O3. The van der Waals surface area contributed by atoms with Gasteiger partial charge in [0, 0.05) is 18.3 Å². The number of carbonyl (C=O) groups excluding carboxylic acids is 1. The number of nitrogens with one attached hydrogen (secondary N) is 1. The Morgan fingerprint density at radius 3 is 2.54 bits per heavy atom. The number of alkyl halides is 3. The number of aromatic nitrogens is 1. The Balaban J connectivity index is 2.31. The van der Waals surface area contributed by atoms with Gasteiger partial charge < -0.3 is 14.8 Å². The Labute approximate surface area is 156 Å². The van der Waals surface area contributed by atoms with Gasteiger partial charge in [-0.15, -0.1) is 0 Å². The molecule has 0 radical (unpaired) electrons. The van der Waals surface area contributed by atoms with Crippen molar-refractivity contribution in [1.82, 2.24) is 10.3 Å². The van der Waals surface area contributed by atoms with Gasteiger partial charge in [0.1, 0.15) is 21.7 Å². The molecule has 1 amide bonds. The lowest BCUT2D eigenvalue weighted by atomic mass is 10.2. The van der Waals surface area contributed by atoms with Crippen LogP contribution < -0.4 is 14.8 Å². The van der Waals surface area contributed by atoms with Crippen LogP contribution in [-0.2, 0) is 6.18 Å². The highest BCUT2D eigenvalue weighted by atomic mass is 35.5. The molecule has 0 unspecified atom stereocenters. The maximum atomic E-state index is 12.8. The molecule has 1 aromatic heterocycles. The molecule has 0 aliphatic carbocycles. The van der Waals surface area contributed by atoms with Gasteiger partial charge in [0.15, 0.2) is 0 Å². The highest BCUT2D eigenvalue weighted by Gasteiger charge is 2.30. The number of carbonyl (C=O) groups is 1. The molecule has 1 heterocycles. The summed E-state index contributed by atoms with van der Waals surface area (Å²) in [6.07, 6.45) is -3.47. The summed E-state index contributed by atoms with van der Waals surface area (Å²) in [6, 6.07) is 6.88. The van der Waals surface area contributed by atoms with Gasteiger partial charge in [-0.2, -0.15) is 13.2 Å². The number of ether oxygens (including phenoxy) is 2. The third kappa shape index (κ3) is 5.53. The first kappa shape index (κ1) is 19.9. The fourth-order valence-electron chi connectivity index (χ4n) is 1.82. The maximum Gasteiger partial charge on any atom is 0.416 e. The summed E-state index contributed by atoms with van der Waals surface area (Å²) >= 11 is 10.8. The molecule has 0 saturated heterocycles. The van der Waals surface area contributed by atoms with Gasteiger partial charge in [0.05, 0.1) is 12.7 Å². The summed E-state index contributed by atoms with van der Waals surface area (Å²) < 4.78 is 48.5. The number of hydrogen-bond acceptors (Lipinski definition) is 4. The van der Waals surface area contributed by atoms with Crippen molar-refractivity contribution in [3.8, 4) is 17.4 Å². The fourth-order valence-corrected chi connectivity index (χ4v) is 1.93. The summed E-state index contributed by atoms with van der Waals surface area (Å²) in [4.78, 5) is 15.9. The van der Waals surface area contributed by atoms with E-state index in [2.05, 4.69) is 10.3 Å². The average molecular weight is 407 g/mol. The van der Waals surface area contributed by atoms with E-state index < -0.39 is 17.6 Å². The number of nitrogens with zero attached hydrogens (tertiary/aromatic N) is 1. The Hall–Kier alpha value is -2.45. The largest absolute Gasteiger partial charge is 0.496 e. The van der Waals surface area contributed by atoms with Crippen molar-refractivity contribution < 1.29 is 27.4 Å². The first-order chi connectivity index (χ1) is 12.2. The predicted molar refractivity (Wildman–Crippen MR) is 89.6 cm³/mol. The van der Waals surface area contributed by atoms with Crippen LogP contribution in [0.1, 0.15) is 16.1 Å². The maximum absolute atomic E-state index is 12.8. The quantitative estimate of drug-likeness (QED) is 0.766. The molecular weight excluding hydrogens is 396 g/mol. The zero-order chi connectivity index (χ0) is 19.3. The van der Waals surface area contributed by atoms with Gasteiger partial charge in [-0.25, -0.2) is 4.98 Å².